The highest BCUT2D eigenvalue weighted by Crippen LogP contribution is 2.34. The first-order chi connectivity index (χ1) is 17.5. The summed E-state index contributed by atoms with van der Waals surface area (Å²) in [4.78, 5) is 33.2. The largest absolute Gasteiger partial charge is 0.339 e. The second kappa shape index (κ2) is 12.1. The Morgan fingerprint density at radius 3 is 2.31 bits per heavy atom. The first kappa shape index (κ1) is 25.8. The summed E-state index contributed by atoms with van der Waals surface area (Å²) >= 11 is 1.64. The number of carbonyl (C=O) groups excluding carboxylic acids is 2. The number of likely N-dealkylation sites (tertiary alicyclic amines) is 1. The van der Waals surface area contributed by atoms with E-state index in [1.165, 1.54) is 18.1 Å². The summed E-state index contributed by atoms with van der Waals surface area (Å²) < 4.78 is 0. The van der Waals surface area contributed by atoms with Crippen LogP contribution in [0.1, 0.15) is 60.8 Å². The van der Waals surface area contributed by atoms with Gasteiger partial charge in [0.1, 0.15) is 0 Å². The lowest BCUT2D eigenvalue weighted by atomic mass is 9.87. The van der Waals surface area contributed by atoms with E-state index in [1.807, 2.05) is 54.6 Å². The zero-order valence-corrected chi connectivity index (χ0v) is 22.1. The summed E-state index contributed by atoms with van der Waals surface area (Å²) in [6.45, 7) is 9.74. The van der Waals surface area contributed by atoms with Crippen LogP contribution in [0.2, 0.25) is 0 Å². The lowest BCUT2D eigenvalue weighted by Crippen LogP contribution is -2.30. The van der Waals surface area contributed by atoms with E-state index in [0.717, 1.165) is 55.0 Å². The topological polar surface area (TPSA) is 65.5 Å². The van der Waals surface area contributed by atoms with Gasteiger partial charge in [0.15, 0.2) is 0 Å². The summed E-state index contributed by atoms with van der Waals surface area (Å²) in [5.41, 5.74) is 9.26. The second-order valence-corrected chi connectivity index (χ2v) is 9.77. The summed E-state index contributed by atoms with van der Waals surface area (Å²) in [7, 11) is 0. The van der Waals surface area contributed by atoms with Crippen molar-refractivity contribution in [2.24, 2.45) is 0 Å². The molecule has 2 aromatic carbocycles. The molecule has 36 heavy (non-hydrogen) atoms. The van der Waals surface area contributed by atoms with Crippen molar-refractivity contribution in [3.05, 3.63) is 87.4 Å². The molecule has 188 valence electrons. The SMILES string of the molecule is CCN(CC)C(=O)c1ccc(C(=C2CCN(Cc3cscn3)CC2)c2cccc(NC(C)=O)c2)cc1. The molecule has 0 unspecified atom stereocenters. The van der Waals surface area contributed by atoms with Crippen LogP contribution >= 0.6 is 11.3 Å². The van der Waals surface area contributed by atoms with Crippen LogP contribution in [0, 0.1) is 0 Å². The maximum absolute atomic E-state index is 12.8. The lowest BCUT2D eigenvalue weighted by molar-refractivity contribution is -0.114. The van der Waals surface area contributed by atoms with Crippen molar-refractivity contribution in [1.29, 1.82) is 0 Å². The molecule has 2 heterocycles. The zero-order valence-electron chi connectivity index (χ0n) is 21.3. The Morgan fingerprint density at radius 2 is 1.69 bits per heavy atom. The van der Waals surface area contributed by atoms with Crippen molar-refractivity contribution >= 4 is 34.4 Å². The van der Waals surface area contributed by atoms with Gasteiger partial charge in [0, 0.05) is 56.3 Å². The number of nitrogens with zero attached hydrogens (tertiary/aromatic N) is 3. The third kappa shape index (κ3) is 6.28. The average Bonchev–Trinajstić information content (AvgIpc) is 3.39. The standard InChI is InChI=1S/C29H34N4O2S/c1-4-33(5-2)29(35)24-11-9-22(10-12-24)28(25-7-6-8-26(17-25)31-21(3)34)23-13-15-32(16-14-23)18-27-19-36-20-30-27/h6-12,17,19-20H,4-5,13-16,18H2,1-3H3,(H,31,34). The van der Waals surface area contributed by atoms with E-state index in [-0.39, 0.29) is 11.8 Å². The van der Waals surface area contributed by atoms with E-state index >= 15 is 0 Å². The quantitative estimate of drug-likeness (QED) is 0.430. The van der Waals surface area contributed by atoms with Gasteiger partial charge >= 0.3 is 0 Å². The third-order valence-corrected chi connectivity index (χ3v) is 7.26. The number of nitrogens with one attached hydrogen (secondary N) is 1. The minimum atomic E-state index is -0.0871. The molecule has 1 aliphatic rings. The number of hydrogen-bond acceptors (Lipinski definition) is 5. The van der Waals surface area contributed by atoms with E-state index in [0.29, 0.717) is 18.7 Å². The number of piperidine rings is 1. The number of thiazole rings is 1. The number of aromatic nitrogens is 1. The normalized spacial score (nSPS) is 13.9. The second-order valence-electron chi connectivity index (χ2n) is 9.05. The zero-order chi connectivity index (χ0) is 25.5. The van der Waals surface area contributed by atoms with Gasteiger partial charge in [-0.15, -0.1) is 11.3 Å². The van der Waals surface area contributed by atoms with Gasteiger partial charge in [0.2, 0.25) is 5.91 Å². The van der Waals surface area contributed by atoms with Crippen LogP contribution in [0.5, 0.6) is 0 Å². The van der Waals surface area contributed by atoms with Crippen LogP contribution in [-0.4, -0.2) is 52.8 Å². The van der Waals surface area contributed by atoms with Crippen molar-refractivity contribution in [2.45, 2.75) is 40.2 Å². The van der Waals surface area contributed by atoms with Crippen molar-refractivity contribution in [2.75, 3.05) is 31.5 Å². The fourth-order valence-electron chi connectivity index (χ4n) is 4.78. The first-order valence-electron chi connectivity index (χ1n) is 12.6. The Hall–Kier alpha value is -3.29. The summed E-state index contributed by atoms with van der Waals surface area (Å²) in [6.07, 6.45) is 1.92. The van der Waals surface area contributed by atoms with E-state index in [4.69, 9.17) is 0 Å². The Morgan fingerprint density at radius 1 is 1.00 bits per heavy atom. The van der Waals surface area contributed by atoms with E-state index in [1.54, 1.807) is 11.3 Å². The molecule has 7 heteroatoms. The molecule has 1 fully saturated rings. The fraction of sp³-hybridized carbons (Fsp3) is 0.345. The maximum Gasteiger partial charge on any atom is 0.253 e. The molecule has 0 spiro atoms. The van der Waals surface area contributed by atoms with Crippen LogP contribution in [0.15, 0.2) is 65.0 Å². The van der Waals surface area contributed by atoms with Gasteiger partial charge in [-0.1, -0.05) is 29.8 Å². The minimum Gasteiger partial charge on any atom is -0.339 e. The average molecular weight is 503 g/mol. The number of rotatable bonds is 8. The molecular formula is C29H34N4O2S. The van der Waals surface area contributed by atoms with Crippen LogP contribution < -0.4 is 5.32 Å². The van der Waals surface area contributed by atoms with Gasteiger partial charge in [0.05, 0.1) is 11.2 Å². The summed E-state index contributed by atoms with van der Waals surface area (Å²) in [6, 6.07) is 16.0. The maximum atomic E-state index is 12.8. The smallest absolute Gasteiger partial charge is 0.253 e. The number of hydrogen-bond donors (Lipinski definition) is 1. The van der Waals surface area contributed by atoms with Gasteiger partial charge < -0.3 is 10.2 Å². The van der Waals surface area contributed by atoms with E-state index < -0.39 is 0 Å². The molecule has 2 amide bonds. The first-order valence-corrected chi connectivity index (χ1v) is 13.5. The highest BCUT2D eigenvalue weighted by molar-refractivity contribution is 7.07. The molecule has 1 aromatic heterocycles. The molecule has 0 atom stereocenters. The van der Waals surface area contributed by atoms with Crippen molar-refractivity contribution in [3.63, 3.8) is 0 Å². The van der Waals surface area contributed by atoms with Crippen LogP contribution in [-0.2, 0) is 11.3 Å². The summed E-state index contributed by atoms with van der Waals surface area (Å²) in [5, 5.41) is 5.03. The van der Waals surface area contributed by atoms with Crippen LogP contribution in [0.4, 0.5) is 5.69 Å². The predicted octanol–water partition coefficient (Wildman–Crippen LogP) is 5.68. The van der Waals surface area contributed by atoms with Crippen molar-refractivity contribution in [1.82, 2.24) is 14.8 Å². The molecule has 1 N–H and O–H groups in total. The van der Waals surface area contributed by atoms with Crippen LogP contribution in [0.25, 0.3) is 5.57 Å². The van der Waals surface area contributed by atoms with Gasteiger partial charge in [-0.25, -0.2) is 4.98 Å². The minimum absolute atomic E-state index is 0.0590. The summed E-state index contributed by atoms with van der Waals surface area (Å²) in [5.74, 6) is -0.0280. The molecule has 0 bridgehead atoms. The molecule has 3 aromatic rings. The number of anilines is 1. The van der Waals surface area contributed by atoms with E-state index in [9.17, 15) is 9.59 Å². The molecule has 1 saturated heterocycles. The van der Waals surface area contributed by atoms with Crippen molar-refractivity contribution < 1.29 is 9.59 Å². The van der Waals surface area contributed by atoms with Crippen molar-refractivity contribution in [3.8, 4) is 0 Å². The van der Waals surface area contributed by atoms with Gasteiger partial charge in [-0.05, 0) is 67.7 Å². The monoisotopic (exact) mass is 502 g/mol. The fourth-order valence-corrected chi connectivity index (χ4v) is 5.33. The Labute approximate surface area is 217 Å². The predicted molar refractivity (Wildman–Crippen MR) is 147 cm³/mol. The molecule has 6 nitrogen and oxygen atoms in total. The van der Waals surface area contributed by atoms with E-state index in [2.05, 4.69) is 38.8 Å². The molecule has 0 saturated carbocycles. The van der Waals surface area contributed by atoms with Crippen LogP contribution in [0.3, 0.4) is 0 Å². The Balaban J connectivity index is 1.65. The Bertz CT molecular complexity index is 1200. The third-order valence-electron chi connectivity index (χ3n) is 6.63. The highest BCUT2D eigenvalue weighted by atomic mass is 32.1. The van der Waals surface area contributed by atoms with Gasteiger partial charge in [-0.2, -0.15) is 0 Å². The molecular weight excluding hydrogens is 468 g/mol. The Kier molecular flexibility index (Phi) is 8.67. The molecule has 1 aliphatic heterocycles. The number of carbonyl (C=O) groups is 2. The lowest BCUT2D eigenvalue weighted by Gasteiger charge is -2.30. The van der Waals surface area contributed by atoms with Gasteiger partial charge in [-0.3, -0.25) is 14.5 Å². The molecule has 0 radical (unpaired) electrons. The molecule has 0 aliphatic carbocycles. The number of benzene rings is 2. The van der Waals surface area contributed by atoms with Gasteiger partial charge in [0.25, 0.3) is 5.91 Å². The molecule has 4 rings (SSSR count). The number of amides is 2. The highest BCUT2D eigenvalue weighted by Gasteiger charge is 2.21.